The van der Waals surface area contributed by atoms with E-state index in [4.69, 9.17) is 0 Å². The molecule has 0 spiro atoms. The number of fused-ring (bicyclic) bond motifs is 2. The second-order valence-corrected chi connectivity index (χ2v) is 5.19. The van der Waals surface area contributed by atoms with Crippen LogP contribution in [0.15, 0.2) is 18.2 Å². The fourth-order valence-corrected chi connectivity index (χ4v) is 3.03. The molecule has 3 rings (SSSR count). The van der Waals surface area contributed by atoms with Crippen molar-refractivity contribution in [3.8, 4) is 0 Å². The van der Waals surface area contributed by atoms with E-state index >= 15 is 0 Å². The smallest absolute Gasteiger partial charge is 0.00881 e. The average molecular weight is 212 g/mol. The summed E-state index contributed by atoms with van der Waals surface area (Å²) in [6.07, 6.45) is 15.4. The summed E-state index contributed by atoms with van der Waals surface area (Å²) in [5, 5.41) is 0. The third-order valence-electron chi connectivity index (χ3n) is 3.99. The normalized spacial score (nSPS) is 19.5. The highest BCUT2D eigenvalue weighted by molar-refractivity contribution is 5.62. The van der Waals surface area contributed by atoms with E-state index < -0.39 is 0 Å². The molecule has 0 fully saturated rings. The highest BCUT2D eigenvalue weighted by Crippen LogP contribution is 2.27. The van der Waals surface area contributed by atoms with Gasteiger partial charge >= 0.3 is 0 Å². The molecule has 0 heteroatoms. The molecular weight excluding hydrogens is 192 g/mol. The summed E-state index contributed by atoms with van der Waals surface area (Å²) in [5.74, 6) is 0. The first-order valence-corrected chi connectivity index (χ1v) is 6.75. The van der Waals surface area contributed by atoms with Crippen LogP contribution in [0.3, 0.4) is 0 Å². The Labute approximate surface area is 98.4 Å². The Kier molecular flexibility index (Phi) is 2.82. The first-order valence-electron chi connectivity index (χ1n) is 6.75. The van der Waals surface area contributed by atoms with Gasteiger partial charge in [-0.1, -0.05) is 43.5 Å². The minimum atomic E-state index is 1.16. The molecular formula is C16H20. The molecule has 0 bridgehead atoms. The zero-order valence-electron chi connectivity index (χ0n) is 9.97. The van der Waals surface area contributed by atoms with E-state index in [1.165, 1.54) is 50.5 Å². The Bertz CT molecular complexity index is 412. The third-order valence-corrected chi connectivity index (χ3v) is 3.99. The molecule has 0 atom stereocenters. The number of hydrogen-bond acceptors (Lipinski definition) is 0. The van der Waals surface area contributed by atoms with Crippen LogP contribution in [0.2, 0.25) is 0 Å². The summed E-state index contributed by atoms with van der Waals surface area (Å²) < 4.78 is 0. The molecule has 0 aliphatic heterocycles. The van der Waals surface area contributed by atoms with E-state index in [-0.39, 0.29) is 0 Å². The molecule has 0 saturated carbocycles. The highest BCUT2D eigenvalue weighted by atomic mass is 14.2. The van der Waals surface area contributed by atoms with Gasteiger partial charge in [0.15, 0.2) is 0 Å². The molecule has 0 saturated heterocycles. The van der Waals surface area contributed by atoms with Gasteiger partial charge in [-0.2, -0.15) is 0 Å². The van der Waals surface area contributed by atoms with Crippen molar-refractivity contribution in [3.63, 3.8) is 0 Å². The molecule has 0 amide bonds. The van der Waals surface area contributed by atoms with Crippen LogP contribution in [0.5, 0.6) is 0 Å². The van der Waals surface area contributed by atoms with Crippen LogP contribution >= 0.6 is 0 Å². The first-order chi connectivity index (χ1) is 7.93. The SMILES string of the molecule is C1=Cc2cc3c(cc2C1)CCCCCCC3. The Morgan fingerprint density at radius 1 is 0.688 bits per heavy atom. The van der Waals surface area contributed by atoms with Gasteiger partial charge in [0.05, 0.1) is 0 Å². The number of allylic oxidation sites excluding steroid dienone is 1. The summed E-state index contributed by atoms with van der Waals surface area (Å²) in [6.45, 7) is 0. The molecule has 0 heterocycles. The molecule has 0 aromatic heterocycles. The Balaban J connectivity index is 1.95. The molecule has 2 aliphatic rings. The Hall–Kier alpha value is -1.04. The van der Waals surface area contributed by atoms with Gasteiger partial charge in [0.25, 0.3) is 0 Å². The van der Waals surface area contributed by atoms with Gasteiger partial charge in [-0.15, -0.1) is 0 Å². The summed E-state index contributed by atoms with van der Waals surface area (Å²) in [5.41, 5.74) is 6.31. The lowest BCUT2D eigenvalue weighted by Gasteiger charge is -2.11. The van der Waals surface area contributed by atoms with Crippen molar-refractivity contribution in [1.82, 2.24) is 0 Å². The van der Waals surface area contributed by atoms with Crippen LogP contribution in [-0.4, -0.2) is 0 Å². The number of aryl methyl sites for hydroxylation is 2. The number of benzene rings is 1. The molecule has 0 nitrogen and oxygen atoms in total. The highest BCUT2D eigenvalue weighted by Gasteiger charge is 2.11. The maximum Gasteiger partial charge on any atom is -0.00881 e. The van der Waals surface area contributed by atoms with Crippen molar-refractivity contribution < 1.29 is 0 Å². The van der Waals surface area contributed by atoms with Crippen LogP contribution in [0.1, 0.15) is 54.4 Å². The van der Waals surface area contributed by atoms with Gasteiger partial charge in [-0.3, -0.25) is 0 Å². The Morgan fingerprint density at radius 3 is 2.19 bits per heavy atom. The number of rotatable bonds is 0. The summed E-state index contributed by atoms with van der Waals surface area (Å²) >= 11 is 0. The monoisotopic (exact) mass is 212 g/mol. The van der Waals surface area contributed by atoms with E-state index in [0.717, 1.165) is 6.42 Å². The second-order valence-electron chi connectivity index (χ2n) is 5.19. The second kappa shape index (κ2) is 4.45. The van der Waals surface area contributed by atoms with Gasteiger partial charge in [0.2, 0.25) is 0 Å². The molecule has 0 N–H and O–H groups in total. The molecule has 16 heavy (non-hydrogen) atoms. The molecule has 0 radical (unpaired) electrons. The van der Waals surface area contributed by atoms with Gasteiger partial charge in [0, 0.05) is 0 Å². The maximum atomic E-state index is 2.48. The van der Waals surface area contributed by atoms with Crippen LogP contribution in [0.4, 0.5) is 0 Å². The summed E-state index contributed by atoms with van der Waals surface area (Å²) in [7, 11) is 0. The van der Waals surface area contributed by atoms with Crippen molar-refractivity contribution in [2.75, 3.05) is 0 Å². The van der Waals surface area contributed by atoms with E-state index in [1.54, 1.807) is 16.7 Å². The van der Waals surface area contributed by atoms with Crippen molar-refractivity contribution >= 4 is 6.08 Å². The predicted molar refractivity (Wildman–Crippen MR) is 69.7 cm³/mol. The lowest BCUT2D eigenvalue weighted by molar-refractivity contribution is 0.629. The van der Waals surface area contributed by atoms with Gasteiger partial charge in [0.1, 0.15) is 0 Å². The lowest BCUT2D eigenvalue weighted by atomic mass is 9.94. The topological polar surface area (TPSA) is 0 Å². The van der Waals surface area contributed by atoms with Gasteiger partial charge < -0.3 is 0 Å². The molecule has 1 aromatic carbocycles. The lowest BCUT2D eigenvalue weighted by Crippen LogP contribution is -1.97. The fourth-order valence-electron chi connectivity index (χ4n) is 3.03. The van der Waals surface area contributed by atoms with E-state index in [2.05, 4.69) is 24.3 Å². The van der Waals surface area contributed by atoms with Gasteiger partial charge in [-0.25, -0.2) is 0 Å². The van der Waals surface area contributed by atoms with Crippen LogP contribution in [0.25, 0.3) is 6.08 Å². The zero-order valence-corrected chi connectivity index (χ0v) is 9.97. The molecule has 84 valence electrons. The standard InChI is InChI=1S/C16H20/c1-2-4-7-13-11-15-9-6-10-16(15)12-14(13)8-5-3-1/h6,9,11-12H,1-5,7-8,10H2. The molecule has 0 unspecified atom stereocenters. The molecule has 2 aliphatic carbocycles. The molecule has 1 aromatic rings. The van der Waals surface area contributed by atoms with E-state index in [9.17, 15) is 0 Å². The minimum Gasteiger partial charge on any atom is -0.0795 e. The zero-order chi connectivity index (χ0) is 10.8. The largest absolute Gasteiger partial charge is 0.0795 e. The third kappa shape index (κ3) is 1.93. The van der Waals surface area contributed by atoms with Crippen molar-refractivity contribution in [2.45, 2.75) is 51.4 Å². The number of hydrogen-bond donors (Lipinski definition) is 0. The van der Waals surface area contributed by atoms with Crippen LogP contribution in [0, 0.1) is 0 Å². The van der Waals surface area contributed by atoms with Crippen LogP contribution < -0.4 is 0 Å². The quantitative estimate of drug-likeness (QED) is 0.601. The minimum absolute atomic E-state index is 1.16. The summed E-state index contributed by atoms with van der Waals surface area (Å²) in [6, 6.07) is 4.94. The first kappa shape index (κ1) is 10.1. The van der Waals surface area contributed by atoms with Crippen molar-refractivity contribution in [1.29, 1.82) is 0 Å². The van der Waals surface area contributed by atoms with E-state index in [1.807, 2.05) is 0 Å². The Morgan fingerprint density at radius 2 is 1.38 bits per heavy atom. The summed E-state index contributed by atoms with van der Waals surface area (Å²) in [4.78, 5) is 0. The van der Waals surface area contributed by atoms with Gasteiger partial charge in [-0.05, 0) is 54.4 Å². The maximum absolute atomic E-state index is 2.48. The van der Waals surface area contributed by atoms with Crippen LogP contribution in [-0.2, 0) is 19.3 Å². The van der Waals surface area contributed by atoms with Crippen molar-refractivity contribution in [2.24, 2.45) is 0 Å². The predicted octanol–water partition coefficient (Wildman–Crippen LogP) is 4.31. The van der Waals surface area contributed by atoms with E-state index in [0.29, 0.717) is 0 Å². The van der Waals surface area contributed by atoms with Crippen molar-refractivity contribution in [3.05, 3.63) is 40.5 Å². The average Bonchev–Trinajstić information content (AvgIpc) is 2.76. The fraction of sp³-hybridized carbons (Fsp3) is 0.500.